The minimum atomic E-state index is -1.59. The second-order valence-corrected chi connectivity index (χ2v) is 9.77. The maximum atomic E-state index is 12.2. The van der Waals surface area contributed by atoms with Gasteiger partial charge in [-0.15, -0.1) is 0 Å². The van der Waals surface area contributed by atoms with E-state index < -0.39 is 6.08 Å². The molecule has 3 rings (SSSR count). The molecule has 0 spiro atoms. The van der Waals surface area contributed by atoms with Crippen molar-refractivity contribution < 1.29 is 23.4 Å². The predicted molar refractivity (Wildman–Crippen MR) is 122 cm³/mol. The molecule has 1 N–H and O–H groups in total. The Kier molecular flexibility index (Phi) is 10.2. The third-order valence-corrected chi connectivity index (χ3v) is 7.81. The number of halogens is 2. The Morgan fingerprint density at radius 2 is 1.62 bits per heavy atom. The molecule has 0 saturated heterocycles. The molecule has 178 valence electrons. The molecule has 1 aromatic carbocycles. The number of benzene rings is 1. The van der Waals surface area contributed by atoms with Crippen LogP contribution in [0.4, 0.5) is 8.78 Å². The molecule has 2 aliphatic carbocycles. The van der Waals surface area contributed by atoms with Crippen LogP contribution in [-0.4, -0.2) is 24.3 Å². The lowest BCUT2D eigenvalue weighted by Gasteiger charge is -2.38. The zero-order chi connectivity index (χ0) is 22.8. The number of rotatable bonds is 11. The fourth-order valence-electron chi connectivity index (χ4n) is 5.96. The number of ether oxygens (including phenoxy) is 1. The maximum absolute atomic E-state index is 12.2. The maximum Gasteiger partial charge on any atom is 0.293 e. The highest BCUT2D eigenvalue weighted by molar-refractivity contribution is 5.37. The predicted octanol–water partition coefficient (Wildman–Crippen LogP) is 6.79. The molecular formula is C27H38F2O3. The summed E-state index contributed by atoms with van der Waals surface area (Å²) in [4.78, 5) is 10.7. The standard InChI is InChI=1S/C27H38F2O3/c28-27(29)3-1-2-20-4-8-22(9-5-20)24-12-14-25(15-13-24)23-10-6-21(7-11-23)18-26(16-17-30)32-19-31/h3-5,8-9,19,21,23-26,30H,1-2,6-7,10-18H2. The van der Waals surface area contributed by atoms with E-state index in [1.54, 1.807) is 0 Å². The van der Waals surface area contributed by atoms with Crippen molar-refractivity contribution in [3.63, 3.8) is 0 Å². The third-order valence-electron chi connectivity index (χ3n) is 7.81. The number of aliphatic hydroxyl groups is 1. The van der Waals surface area contributed by atoms with Gasteiger partial charge in [-0.25, -0.2) is 0 Å². The van der Waals surface area contributed by atoms with Crippen LogP contribution in [0.2, 0.25) is 0 Å². The Morgan fingerprint density at radius 1 is 1.00 bits per heavy atom. The molecule has 2 aliphatic rings. The Labute approximate surface area is 191 Å². The van der Waals surface area contributed by atoms with Crippen molar-refractivity contribution in [3.8, 4) is 0 Å². The number of aliphatic hydroxyl groups excluding tert-OH is 1. The lowest BCUT2D eigenvalue weighted by atomic mass is 9.68. The summed E-state index contributed by atoms with van der Waals surface area (Å²) in [6, 6.07) is 8.60. The minimum Gasteiger partial charge on any atom is -0.464 e. The van der Waals surface area contributed by atoms with Crippen molar-refractivity contribution in [3.05, 3.63) is 47.5 Å². The number of allylic oxidation sites excluding steroid dienone is 1. The summed E-state index contributed by atoms with van der Waals surface area (Å²) in [6.07, 6.45) is 11.8. The van der Waals surface area contributed by atoms with Gasteiger partial charge in [0.15, 0.2) is 0 Å². The molecule has 1 aromatic rings. The normalized spacial score (nSPS) is 26.8. The van der Waals surface area contributed by atoms with Gasteiger partial charge in [0.2, 0.25) is 0 Å². The van der Waals surface area contributed by atoms with E-state index in [-0.39, 0.29) is 12.7 Å². The lowest BCUT2D eigenvalue weighted by Crippen LogP contribution is -2.27. The highest BCUT2D eigenvalue weighted by Crippen LogP contribution is 2.44. The van der Waals surface area contributed by atoms with E-state index in [4.69, 9.17) is 9.84 Å². The van der Waals surface area contributed by atoms with Gasteiger partial charge in [0.05, 0.1) is 0 Å². The number of hydrogen-bond acceptors (Lipinski definition) is 3. The van der Waals surface area contributed by atoms with Crippen LogP contribution in [0.1, 0.15) is 87.7 Å². The van der Waals surface area contributed by atoms with E-state index >= 15 is 0 Å². The van der Waals surface area contributed by atoms with E-state index in [9.17, 15) is 13.6 Å². The zero-order valence-corrected chi connectivity index (χ0v) is 19.1. The fraction of sp³-hybridized carbons (Fsp3) is 0.667. The molecule has 5 heteroatoms. The Bertz CT molecular complexity index is 698. The molecule has 2 saturated carbocycles. The quantitative estimate of drug-likeness (QED) is 0.379. The van der Waals surface area contributed by atoms with Crippen molar-refractivity contribution in [1.29, 1.82) is 0 Å². The zero-order valence-electron chi connectivity index (χ0n) is 19.1. The molecule has 1 atom stereocenters. The van der Waals surface area contributed by atoms with Crippen molar-refractivity contribution >= 4 is 6.47 Å². The summed E-state index contributed by atoms with van der Waals surface area (Å²) in [6.45, 7) is 0.583. The number of carbonyl (C=O) groups excluding carboxylic acids is 1. The Hall–Kier alpha value is -1.75. The van der Waals surface area contributed by atoms with Gasteiger partial charge in [-0.05, 0) is 98.7 Å². The SMILES string of the molecule is O=COC(CCO)CC1CCC(C2CCC(c3ccc(CCC=C(F)F)cc3)CC2)CC1. The van der Waals surface area contributed by atoms with Crippen molar-refractivity contribution in [2.45, 2.75) is 89.1 Å². The molecule has 0 bridgehead atoms. The van der Waals surface area contributed by atoms with Crippen LogP contribution in [0.15, 0.2) is 36.4 Å². The molecule has 3 nitrogen and oxygen atoms in total. The molecule has 0 aliphatic heterocycles. The van der Waals surface area contributed by atoms with Crippen LogP contribution < -0.4 is 0 Å². The lowest BCUT2D eigenvalue weighted by molar-refractivity contribution is -0.135. The van der Waals surface area contributed by atoms with Crippen molar-refractivity contribution in [2.24, 2.45) is 17.8 Å². The molecule has 32 heavy (non-hydrogen) atoms. The van der Waals surface area contributed by atoms with Crippen LogP contribution >= 0.6 is 0 Å². The minimum absolute atomic E-state index is 0.0658. The molecule has 1 unspecified atom stereocenters. The van der Waals surface area contributed by atoms with E-state index in [0.717, 1.165) is 29.9 Å². The molecule has 2 fully saturated rings. The van der Waals surface area contributed by atoms with Crippen LogP contribution in [-0.2, 0) is 16.0 Å². The van der Waals surface area contributed by atoms with Gasteiger partial charge >= 0.3 is 0 Å². The van der Waals surface area contributed by atoms with Crippen LogP contribution in [0.3, 0.4) is 0 Å². The number of aryl methyl sites for hydroxylation is 1. The summed E-state index contributed by atoms with van der Waals surface area (Å²) < 4.78 is 29.5. The molecular weight excluding hydrogens is 410 g/mol. The highest BCUT2D eigenvalue weighted by Gasteiger charge is 2.32. The highest BCUT2D eigenvalue weighted by atomic mass is 19.3. The topological polar surface area (TPSA) is 46.5 Å². The second kappa shape index (κ2) is 13.1. The van der Waals surface area contributed by atoms with Crippen molar-refractivity contribution in [2.75, 3.05) is 6.61 Å². The Balaban J connectivity index is 1.39. The summed E-state index contributed by atoms with van der Waals surface area (Å²) >= 11 is 0. The van der Waals surface area contributed by atoms with Gasteiger partial charge in [-0.3, -0.25) is 4.79 Å². The van der Waals surface area contributed by atoms with E-state index in [0.29, 0.717) is 37.6 Å². The smallest absolute Gasteiger partial charge is 0.293 e. The van der Waals surface area contributed by atoms with Gasteiger partial charge in [0, 0.05) is 13.0 Å². The largest absolute Gasteiger partial charge is 0.464 e. The van der Waals surface area contributed by atoms with Crippen LogP contribution in [0.25, 0.3) is 0 Å². The van der Waals surface area contributed by atoms with E-state index in [1.807, 2.05) is 0 Å². The first-order valence-corrected chi connectivity index (χ1v) is 12.4. The Morgan fingerprint density at radius 3 is 2.19 bits per heavy atom. The monoisotopic (exact) mass is 448 g/mol. The van der Waals surface area contributed by atoms with Gasteiger partial charge in [0.25, 0.3) is 12.6 Å². The van der Waals surface area contributed by atoms with Crippen molar-refractivity contribution in [1.82, 2.24) is 0 Å². The second-order valence-electron chi connectivity index (χ2n) is 9.77. The molecule has 0 aromatic heterocycles. The first-order chi connectivity index (χ1) is 15.6. The van der Waals surface area contributed by atoms with Crippen LogP contribution in [0.5, 0.6) is 0 Å². The third kappa shape index (κ3) is 7.68. The average molecular weight is 449 g/mol. The molecule has 0 amide bonds. The fourth-order valence-corrected chi connectivity index (χ4v) is 5.96. The summed E-state index contributed by atoms with van der Waals surface area (Å²) in [5.74, 6) is 2.88. The summed E-state index contributed by atoms with van der Waals surface area (Å²) in [7, 11) is 0. The first-order valence-electron chi connectivity index (χ1n) is 12.4. The van der Waals surface area contributed by atoms with Gasteiger partial charge in [-0.2, -0.15) is 8.78 Å². The number of carbonyl (C=O) groups is 1. The summed E-state index contributed by atoms with van der Waals surface area (Å²) in [5.41, 5.74) is 2.52. The van der Waals surface area contributed by atoms with E-state index in [1.165, 1.54) is 56.9 Å². The summed E-state index contributed by atoms with van der Waals surface area (Å²) in [5, 5.41) is 9.15. The molecule has 0 heterocycles. The van der Waals surface area contributed by atoms with Gasteiger partial charge in [-0.1, -0.05) is 37.1 Å². The van der Waals surface area contributed by atoms with Crippen LogP contribution in [0, 0.1) is 17.8 Å². The van der Waals surface area contributed by atoms with Gasteiger partial charge < -0.3 is 9.84 Å². The average Bonchev–Trinajstić information content (AvgIpc) is 2.80. The van der Waals surface area contributed by atoms with Gasteiger partial charge in [0.1, 0.15) is 6.10 Å². The molecule has 0 radical (unpaired) electrons. The van der Waals surface area contributed by atoms with E-state index in [2.05, 4.69) is 24.3 Å². The first kappa shape index (κ1) is 24.9. The number of hydrogen-bond donors (Lipinski definition) is 1.